The maximum atomic E-state index is 12.4. The van der Waals surface area contributed by atoms with Crippen LogP contribution in [0.4, 0.5) is 16.2 Å². The smallest absolute Gasteiger partial charge is 0.321 e. The molecule has 0 bridgehead atoms. The molecule has 3 amide bonds. The Kier molecular flexibility index (Phi) is 4.76. The molecule has 0 radical (unpaired) electrons. The monoisotopic (exact) mass is 330 g/mol. The van der Waals surface area contributed by atoms with Gasteiger partial charge in [-0.3, -0.25) is 4.79 Å². The zero-order chi connectivity index (χ0) is 17.3. The largest absolute Gasteiger partial charge is 0.323 e. The summed E-state index contributed by atoms with van der Waals surface area (Å²) < 4.78 is 0. The Morgan fingerprint density at radius 3 is 2.67 bits per heavy atom. The van der Waals surface area contributed by atoms with E-state index < -0.39 is 0 Å². The van der Waals surface area contributed by atoms with Crippen molar-refractivity contribution < 1.29 is 9.59 Å². The van der Waals surface area contributed by atoms with Gasteiger partial charge in [-0.15, -0.1) is 0 Å². The van der Waals surface area contributed by atoms with Crippen molar-refractivity contribution in [3.63, 3.8) is 0 Å². The van der Waals surface area contributed by atoms with E-state index >= 15 is 0 Å². The molecule has 0 aromatic heterocycles. The normalized spacial score (nSPS) is 21.0. The van der Waals surface area contributed by atoms with Crippen LogP contribution in [-0.4, -0.2) is 61.5 Å². The van der Waals surface area contributed by atoms with Crippen molar-refractivity contribution in [2.75, 3.05) is 43.9 Å². The van der Waals surface area contributed by atoms with Crippen LogP contribution in [-0.2, 0) is 4.79 Å². The van der Waals surface area contributed by atoms with E-state index in [1.165, 1.54) is 0 Å². The van der Waals surface area contributed by atoms with Crippen molar-refractivity contribution in [1.29, 1.82) is 0 Å². The fourth-order valence-electron chi connectivity index (χ4n) is 3.49. The summed E-state index contributed by atoms with van der Waals surface area (Å²) in [6.45, 7) is 4.31. The highest BCUT2D eigenvalue weighted by molar-refractivity contribution is 5.97. The molecule has 2 aliphatic rings. The molecule has 0 unspecified atom stereocenters. The number of hydrogen-bond donors (Lipinski definition) is 1. The second-order valence-electron chi connectivity index (χ2n) is 6.93. The first kappa shape index (κ1) is 16.8. The highest BCUT2D eigenvalue weighted by Gasteiger charge is 2.28. The number of hydrogen-bond acceptors (Lipinski definition) is 3. The molecule has 0 aliphatic carbocycles. The van der Waals surface area contributed by atoms with E-state index in [9.17, 15) is 9.59 Å². The van der Waals surface area contributed by atoms with Gasteiger partial charge in [-0.25, -0.2) is 4.79 Å². The Morgan fingerprint density at radius 1 is 1.29 bits per heavy atom. The molecule has 6 heteroatoms. The third-order valence-electron chi connectivity index (χ3n) is 4.99. The van der Waals surface area contributed by atoms with Crippen LogP contribution in [0.1, 0.15) is 24.8 Å². The summed E-state index contributed by atoms with van der Waals surface area (Å²) >= 11 is 0. The first-order valence-corrected chi connectivity index (χ1v) is 8.59. The SMILES string of the molecule is Cc1cc(NC(=O)N2CC[C@@H](N(C)C)C2)ccc1N1CCCC1=O. The van der Waals surface area contributed by atoms with E-state index in [4.69, 9.17) is 0 Å². The number of likely N-dealkylation sites (N-methyl/N-ethyl adjacent to an activating group) is 1. The quantitative estimate of drug-likeness (QED) is 0.925. The Labute approximate surface area is 143 Å². The van der Waals surface area contributed by atoms with Crippen molar-refractivity contribution in [3.05, 3.63) is 23.8 Å². The zero-order valence-electron chi connectivity index (χ0n) is 14.7. The van der Waals surface area contributed by atoms with E-state index in [0.29, 0.717) is 12.5 Å². The number of amides is 3. The number of aryl methyl sites for hydroxylation is 1. The molecule has 24 heavy (non-hydrogen) atoms. The summed E-state index contributed by atoms with van der Waals surface area (Å²) in [6, 6.07) is 6.13. The molecule has 1 aromatic carbocycles. The van der Waals surface area contributed by atoms with Crippen molar-refractivity contribution >= 4 is 23.3 Å². The number of urea groups is 1. The van der Waals surface area contributed by atoms with Crippen LogP contribution >= 0.6 is 0 Å². The molecule has 1 atom stereocenters. The van der Waals surface area contributed by atoms with Crippen molar-refractivity contribution in [3.8, 4) is 0 Å². The molecule has 1 N–H and O–H groups in total. The molecule has 2 saturated heterocycles. The maximum absolute atomic E-state index is 12.4. The van der Waals surface area contributed by atoms with Crippen LogP contribution in [0.25, 0.3) is 0 Å². The number of benzene rings is 1. The lowest BCUT2D eigenvalue weighted by Crippen LogP contribution is -2.36. The number of likely N-dealkylation sites (tertiary alicyclic amines) is 1. The molecular weight excluding hydrogens is 304 g/mol. The van der Waals surface area contributed by atoms with Gasteiger partial charge >= 0.3 is 6.03 Å². The number of rotatable bonds is 3. The second-order valence-corrected chi connectivity index (χ2v) is 6.93. The summed E-state index contributed by atoms with van der Waals surface area (Å²) in [6.07, 6.45) is 2.55. The van der Waals surface area contributed by atoms with Gasteiger partial charge in [0.1, 0.15) is 0 Å². The van der Waals surface area contributed by atoms with Crippen LogP contribution in [0.2, 0.25) is 0 Å². The predicted octanol–water partition coefficient (Wildman–Crippen LogP) is 2.29. The van der Waals surface area contributed by atoms with Crippen molar-refractivity contribution in [1.82, 2.24) is 9.80 Å². The Bertz CT molecular complexity index is 644. The molecule has 0 saturated carbocycles. The number of carbonyl (C=O) groups excluding carboxylic acids is 2. The maximum Gasteiger partial charge on any atom is 0.321 e. The third kappa shape index (κ3) is 3.38. The number of carbonyl (C=O) groups is 2. The molecule has 2 heterocycles. The summed E-state index contributed by atoms with van der Waals surface area (Å²) in [5, 5.41) is 2.98. The average molecular weight is 330 g/mol. The Hall–Kier alpha value is -2.08. The molecule has 130 valence electrons. The highest BCUT2D eigenvalue weighted by atomic mass is 16.2. The predicted molar refractivity (Wildman–Crippen MR) is 95.4 cm³/mol. The van der Waals surface area contributed by atoms with Crippen LogP contribution in [0.5, 0.6) is 0 Å². The average Bonchev–Trinajstić information content (AvgIpc) is 3.17. The minimum atomic E-state index is -0.0521. The molecule has 2 fully saturated rings. The summed E-state index contributed by atoms with van der Waals surface area (Å²) in [4.78, 5) is 30.2. The lowest BCUT2D eigenvalue weighted by atomic mass is 10.1. The summed E-state index contributed by atoms with van der Waals surface area (Å²) in [5.74, 6) is 0.182. The molecule has 1 aromatic rings. The summed E-state index contributed by atoms with van der Waals surface area (Å²) in [7, 11) is 4.10. The van der Waals surface area contributed by atoms with Crippen LogP contribution in [0.3, 0.4) is 0 Å². The van der Waals surface area contributed by atoms with Gasteiger partial charge in [0.05, 0.1) is 0 Å². The number of nitrogens with zero attached hydrogens (tertiary/aromatic N) is 3. The molecule has 6 nitrogen and oxygen atoms in total. The molecule has 0 spiro atoms. The van der Waals surface area contributed by atoms with E-state index in [1.54, 1.807) is 0 Å². The first-order chi connectivity index (χ1) is 11.5. The van der Waals surface area contributed by atoms with Crippen molar-refractivity contribution in [2.24, 2.45) is 0 Å². The third-order valence-corrected chi connectivity index (χ3v) is 4.99. The van der Waals surface area contributed by atoms with Gasteiger partial charge in [-0.2, -0.15) is 0 Å². The van der Waals surface area contributed by atoms with Gasteiger partial charge in [-0.05, 0) is 57.6 Å². The van der Waals surface area contributed by atoms with E-state index in [2.05, 4.69) is 10.2 Å². The summed E-state index contributed by atoms with van der Waals surface area (Å²) in [5.41, 5.74) is 2.74. The second kappa shape index (κ2) is 6.81. The Balaban J connectivity index is 1.65. The lowest BCUT2D eigenvalue weighted by molar-refractivity contribution is -0.117. The molecule has 2 aliphatic heterocycles. The topological polar surface area (TPSA) is 55.9 Å². The fraction of sp³-hybridized carbons (Fsp3) is 0.556. The van der Waals surface area contributed by atoms with Gasteiger partial charge in [0.2, 0.25) is 5.91 Å². The minimum Gasteiger partial charge on any atom is -0.323 e. The number of nitrogens with one attached hydrogen (secondary N) is 1. The highest BCUT2D eigenvalue weighted by Crippen LogP contribution is 2.27. The lowest BCUT2D eigenvalue weighted by Gasteiger charge is -2.22. The zero-order valence-corrected chi connectivity index (χ0v) is 14.7. The molecular formula is C18H26N4O2. The van der Waals surface area contributed by atoms with Crippen LogP contribution < -0.4 is 10.2 Å². The minimum absolute atomic E-state index is 0.0521. The standard InChI is InChI=1S/C18H26N4O2/c1-13-11-14(6-7-16(13)22-9-4-5-17(22)23)19-18(24)21-10-8-15(12-21)20(2)3/h6-7,11,15H,4-5,8-10,12H2,1-3H3,(H,19,24)/t15-/m1/s1. The van der Waals surface area contributed by atoms with Gasteiger partial charge in [0, 0.05) is 43.5 Å². The van der Waals surface area contributed by atoms with Gasteiger partial charge in [-0.1, -0.05) is 0 Å². The van der Waals surface area contributed by atoms with Crippen molar-refractivity contribution in [2.45, 2.75) is 32.2 Å². The van der Waals surface area contributed by atoms with E-state index in [-0.39, 0.29) is 11.9 Å². The molecule has 3 rings (SSSR count). The van der Waals surface area contributed by atoms with Gasteiger partial charge in [0.25, 0.3) is 0 Å². The van der Waals surface area contributed by atoms with Gasteiger partial charge < -0.3 is 20.0 Å². The first-order valence-electron chi connectivity index (χ1n) is 8.59. The number of anilines is 2. The Morgan fingerprint density at radius 2 is 2.08 bits per heavy atom. The van der Waals surface area contributed by atoms with E-state index in [1.807, 2.05) is 49.0 Å². The van der Waals surface area contributed by atoms with E-state index in [0.717, 1.165) is 49.4 Å². The van der Waals surface area contributed by atoms with Crippen LogP contribution in [0.15, 0.2) is 18.2 Å². The van der Waals surface area contributed by atoms with Crippen LogP contribution in [0, 0.1) is 6.92 Å². The fourth-order valence-corrected chi connectivity index (χ4v) is 3.49. The van der Waals surface area contributed by atoms with Gasteiger partial charge in [0.15, 0.2) is 0 Å².